The molecule has 3 atom stereocenters. The first-order chi connectivity index (χ1) is 9.70. The van der Waals surface area contributed by atoms with Crippen molar-refractivity contribution in [3.8, 4) is 0 Å². The molecular formula is C17H29NO3. The lowest BCUT2D eigenvalue weighted by molar-refractivity contribution is -0.160. The number of ether oxygens (including phenoxy) is 1. The number of hydrogen-bond acceptors (Lipinski definition) is 3. The predicted octanol–water partition coefficient (Wildman–Crippen LogP) is 2.91. The molecule has 1 N–H and O–H groups in total. The highest BCUT2D eigenvalue weighted by molar-refractivity contribution is 5.88. The van der Waals surface area contributed by atoms with Crippen LogP contribution in [0.3, 0.4) is 0 Å². The molecule has 0 radical (unpaired) electrons. The number of esters is 1. The first-order valence-corrected chi connectivity index (χ1v) is 8.24. The molecule has 0 saturated heterocycles. The Kier molecular flexibility index (Phi) is 4.64. The van der Waals surface area contributed by atoms with Gasteiger partial charge in [0.25, 0.3) is 0 Å². The molecular weight excluding hydrogens is 266 g/mol. The molecule has 0 aromatic carbocycles. The summed E-state index contributed by atoms with van der Waals surface area (Å²) in [5.74, 6) is 1.02. The minimum absolute atomic E-state index is 0.0320. The first-order valence-electron chi connectivity index (χ1n) is 8.24. The number of rotatable bonds is 4. The van der Waals surface area contributed by atoms with Gasteiger partial charge in [-0.1, -0.05) is 26.7 Å². The monoisotopic (exact) mass is 295 g/mol. The van der Waals surface area contributed by atoms with E-state index in [1.807, 2.05) is 34.6 Å². The summed E-state index contributed by atoms with van der Waals surface area (Å²) < 4.78 is 5.43. The average molecular weight is 295 g/mol. The molecule has 0 heterocycles. The maximum Gasteiger partial charge on any atom is 0.329 e. The van der Waals surface area contributed by atoms with Gasteiger partial charge in [0, 0.05) is 5.92 Å². The summed E-state index contributed by atoms with van der Waals surface area (Å²) >= 11 is 0. The van der Waals surface area contributed by atoms with E-state index in [0.717, 1.165) is 0 Å². The highest BCUT2D eigenvalue weighted by atomic mass is 16.6. The zero-order valence-corrected chi connectivity index (χ0v) is 13.9. The quantitative estimate of drug-likeness (QED) is 0.811. The smallest absolute Gasteiger partial charge is 0.329 e. The molecule has 2 aliphatic rings. The molecule has 2 unspecified atom stereocenters. The third-order valence-corrected chi connectivity index (χ3v) is 4.58. The SMILES string of the molecule is CC(C)[C@H](NC(=O)C1C2CCCCC21)C(=O)OC(C)(C)C. The van der Waals surface area contributed by atoms with Crippen molar-refractivity contribution < 1.29 is 14.3 Å². The van der Waals surface area contributed by atoms with Gasteiger partial charge in [-0.25, -0.2) is 4.79 Å². The van der Waals surface area contributed by atoms with Crippen LogP contribution in [-0.2, 0) is 14.3 Å². The molecule has 0 bridgehead atoms. The number of nitrogens with one attached hydrogen (secondary N) is 1. The molecule has 2 fully saturated rings. The number of hydrogen-bond donors (Lipinski definition) is 1. The van der Waals surface area contributed by atoms with Crippen molar-refractivity contribution in [2.45, 2.75) is 71.9 Å². The van der Waals surface area contributed by atoms with Gasteiger partial charge < -0.3 is 10.1 Å². The summed E-state index contributed by atoms with van der Waals surface area (Å²) in [5.41, 5.74) is -0.525. The highest BCUT2D eigenvalue weighted by Gasteiger charge is 2.55. The zero-order valence-electron chi connectivity index (χ0n) is 13.9. The Balaban J connectivity index is 1.94. The molecule has 4 heteroatoms. The van der Waals surface area contributed by atoms with Crippen molar-refractivity contribution in [2.24, 2.45) is 23.7 Å². The van der Waals surface area contributed by atoms with Gasteiger partial charge in [-0.2, -0.15) is 0 Å². The molecule has 4 nitrogen and oxygen atoms in total. The number of fused-ring (bicyclic) bond motifs is 1. The maximum atomic E-state index is 12.4. The summed E-state index contributed by atoms with van der Waals surface area (Å²) in [5, 5.41) is 2.94. The Morgan fingerprint density at radius 3 is 2.05 bits per heavy atom. The number of carbonyl (C=O) groups excluding carboxylic acids is 2. The molecule has 0 aliphatic heterocycles. The topological polar surface area (TPSA) is 55.4 Å². The number of amides is 1. The maximum absolute atomic E-state index is 12.4. The summed E-state index contributed by atoms with van der Waals surface area (Å²) in [6.07, 6.45) is 4.82. The normalized spacial score (nSPS) is 29.5. The molecule has 0 aromatic heterocycles. The second kappa shape index (κ2) is 5.98. The highest BCUT2D eigenvalue weighted by Crippen LogP contribution is 2.55. The molecule has 1 amide bonds. The van der Waals surface area contributed by atoms with Crippen molar-refractivity contribution in [2.75, 3.05) is 0 Å². The van der Waals surface area contributed by atoms with Gasteiger partial charge in [0.1, 0.15) is 11.6 Å². The first kappa shape index (κ1) is 16.3. The second-order valence-corrected chi connectivity index (χ2v) is 7.90. The van der Waals surface area contributed by atoms with Gasteiger partial charge in [-0.3, -0.25) is 4.79 Å². The summed E-state index contributed by atoms with van der Waals surface area (Å²) in [6.45, 7) is 9.42. The Morgan fingerprint density at radius 2 is 1.62 bits per heavy atom. The van der Waals surface area contributed by atoms with E-state index in [9.17, 15) is 9.59 Å². The van der Waals surface area contributed by atoms with E-state index in [2.05, 4.69) is 5.32 Å². The standard InChI is InChI=1S/C17H29NO3/c1-10(2)14(16(20)21-17(3,4)5)18-15(19)13-11-8-6-7-9-12(11)13/h10-14H,6-9H2,1-5H3,(H,18,19)/t11?,12?,13?,14-/m0/s1. The van der Waals surface area contributed by atoms with Crippen molar-refractivity contribution in [1.82, 2.24) is 5.32 Å². The van der Waals surface area contributed by atoms with Crippen LogP contribution >= 0.6 is 0 Å². The lowest BCUT2D eigenvalue weighted by Crippen LogP contribution is -2.48. The van der Waals surface area contributed by atoms with Gasteiger partial charge in [0.2, 0.25) is 5.91 Å². The van der Waals surface area contributed by atoms with Gasteiger partial charge in [-0.15, -0.1) is 0 Å². The molecule has 21 heavy (non-hydrogen) atoms. The van der Waals surface area contributed by atoms with Crippen LogP contribution in [0.5, 0.6) is 0 Å². The van der Waals surface area contributed by atoms with Crippen LogP contribution in [0.2, 0.25) is 0 Å². The summed E-state index contributed by atoms with van der Waals surface area (Å²) in [4.78, 5) is 24.7. The van der Waals surface area contributed by atoms with Crippen LogP contribution in [-0.4, -0.2) is 23.5 Å². The van der Waals surface area contributed by atoms with E-state index in [0.29, 0.717) is 11.8 Å². The van der Waals surface area contributed by atoms with Crippen LogP contribution in [0.4, 0.5) is 0 Å². The molecule has 0 spiro atoms. The van der Waals surface area contributed by atoms with Gasteiger partial charge in [-0.05, 0) is 51.4 Å². The van der Waals surface area contributed by atoms with E-state index < -0.39 is 11.6 Å². The zero-order chi connectivity index (χ0) is 15.8. The van der Waals surface area contributed by atoms with E-state index in [-0.39, 0.29) is 23.7 Å². The molecule has 2 aliphatic carbocycles. The second-order valence-electron chi connectivity index (χ2n) is 7.90. The van der Waals surface area contributed by atoms with Crippen LogP contribution in [0.15, 0.2) is 0 Å². The molecule has 2 saturated carbocycles. The van der Waals surface area contributed by atoms with E-state index >= 15 is 0 Å². The van der Waals surface area contributed by atoms with Crippen LogP contribution in [0, 0.1) is 23.7 Å². The van der Waals surface area contributed by atoms with E-state index in [4.69, 9.17) is 4.74 Å². The fraction of sp³-hybridized carbons (Fsp3) is 0.882. The van der Waals surface area contributed by atoms with Crippen molar-refractivity contribution >= 4 is 11.9 Å². The van der Waals surface area contributed by atoms with Crippen LogP contribution in [0.25, 0.3) is 0 Å². The van der Waals surface area contributed by atoms with Gasteiger partial charge in [0.15, 0.2) is 0 Å². The largest absolute Gasteiger partial charge is 0.458 e. The molecule has 120 valence electrons. The average Bonchev–Trinajstić information content (AvgIpc) is 3.07. The van der Waals surface area contributed by atoms with Crippen LogP contribution < -0.4 is 5.32 Å². The third kappa shape index (κ3) is 3.98. The lowest BCUT2D eigenvalue weighted by Gasteiger charge is -2.26. The Labute approximate surface area is 128 Å². The molecule has 2 rings (SSSR count). The predicted molar refractivity (Wildman–Crippen MR) is 81.6 cm³/mol. The Bertz CT molecular complexity index is 399. The fourth-order valence-electron chi connectivity index (χ4n) is 3.49. The van der Waals surface area contributed by atoms with E-state index in [1.54, 1.807) is 0 Å². The van der Waals surface area contributed by atoms with Gasteiger partial charge in [0.05, 0.1) is 0 Å². The van der Waals surface area contributed by atoms with E-state index in [1.165, 1.54) is 25.7 Å². The fourth-order valence-corrected chi connectivity index (χ4v) is 3.49. The Morgan fingerprint density at radius 1 is 1.10 bits per heavy atom. The Hall–Kier alpha value is -1.06. The van der Waals surface area contributed by atoms with Gasteiger partial charge >= 0.3 is 5.97 Å². The summed E-state index contributed by atoms with van der Waals surface area (Å²) in [6, 6.07) is -0.542. The minimum atomic E-state index is -0.542. The van der Waals surface area contributed by atoms with Crippen molar-refractivity contribution in [3.63, 3.8) is 0 Å². The summed E-state index contributed by atoms with van der Waals surface area (Å²) in [7, 11) is 0. The number of carbonyl (C=O) groups is 2. The molecule has 0 aromatic rings. The van der Waals surface area contributed by atoms with Crippen molar-refractivity contribution in [3.05, 3.63) is 0 Å². The van der Waals surface area contributed by atoms with Crippen molar-refractivity contribution in [1.29, 1.82) is 0 Å². The van der Waals surface area contributed by atoms with Crippen LogP contribution in [0.1, 0.15) is 60.3 Å². The minimum Gasteiger partial charge on any atom is -0.458 e. The third-order valence-electron chi connectivity index (χ3n) is 4.58. The lowest BCUT2D eigenvalue weighted by atomic mass is 10.0.